The number of benzene rings is 2. The highest BCUT2D eigenvalue weighted by molar-refractivity contribution is 9.10. The summed E-state index contributed by atoms with van der Waals surface area (Å²) in [5.74, 6) is 0.868. The first-order valence-corrected chi connectivity index (χ1v) is 9.89. The molecule has 8 heteroatoms. The van der Waals surface area contributed by atoms with E-state index in [2.05, 4.69) is 26.6 Å². The molecule has 0 atom stereocenters. The topological polar surface area (TPSA) is 68.8 Å². The van der Waals surface area contributed by atoms with Gasteiger partial charge in [0.25, 0.3) is 5.91 Å². The zero-order valence-electron chi connectivity index (χ0n) is 16.0. The predicted octanol–water partition coefficient (Wildman–Crippen LogP) is 4.39. The lowest BCUT2D eigenvalue weighted by molar-refractivity contribution is 0.0972. The van der Waals surface area contributed by atoms with Gasteiger partial charge in [0, 0.05) is 17.3 Å². The van der Waals surface area contributed by atoms with Gasteiger partial charge in [0.05, 0.1) is 18.3 Å². The number of hydrogen-bond donors (Lipinski definition) is 2. The smallest absolute Gasteiger partial charge is 0.261 e. The van der Waals surface area contributed by atoms with Crippen LogP contribution in [-0.4, -0.2) is 37.4 Å². The Hall–Kier alpha value is -2.16. The quantitative estimate of drug-likeness (QED) is 0.444. The van der Waals surface area contributed by atoms with Crippen molar-refractivity contribution in [1.29, 1.82) is 0 Å². The molecule has 0 saturated carbocycles. The van der Waals surface area contributed by atoms with Crippen LogP contribution >= 0.6 is 28.1 Å². The molecule has 0 bridgehead atoms. The first-order chi connectivity index (χ1) is 13.4. The normalized spacial score (nSPS) is 10.5. The van der Waals surface area contributed by atoms with Crippen LogP contribution in [-0.2, 0) is 4.74 Å². The van der Waals surface area contributed by atoms with E-state index >= 15 is 0 Å². The molecular formula is C20H23BrN2O4S. The predicted molar refractivity (Wildman–Crippen MR) is 117 cm³/mol. The van der Waals surface area contributed by atoms with E-state index in [0.717, 1.165) is 15.9 Å². The molecule has 2 N–H and O–H groups in total. The summed E-state index contributed by atoms with van der Waals surface area (Å²) in [6, 6.07) is 12.5. The van der Waals surface area contributed by atoms with Gasteiger partial charge in [-0.15, -0.1) is 0 Å². The third-order valence-electron chi connectivity index (χ3n) is 3.44. The molecule has 150 valence electrons. The number of thiocarbonyl (C=S) groups is 1. The Kier molecular flexibility index (Phi) is 8.69. The van der Waals surface area contributed by atoms with Crippen molar-refractivity contribution in [2.75, 3.05) is 25.6 Å². The van der Waals surface area contributed by atoms with Crippen LogP contribution in [0.1, 0.15) is 24.2 Å². The molecule has 2 rings (SSSR count). The molecule has 0 aliphatic heterocycles. The molecular weight excluding hydrogens is 444 g/mol. The zero-order chi connectivity index (χ0) is 20.5. The van der Waals surface area contributed by atoms with Gasteiger partial charge in [-0.3, -0.25) is 10.1 Å². The Balaban J connectivity index is 1.97. The standard InChI is InChI=1S/C20H23BrN2O4S/c1-13(2)27-18-9-4-14(21)12-17(18)19(24)23-20(28)22-15-5-7-16(8-6-15)26-11-10-25-3/h4-9,12-13H,10-11H2,1-3H3,(H2,22,23,24,28). The van der Waals surface area contributed by atoms with E-state index in [0.29, 0.717) is 24.5 Å². The minimum absolute atomic E-state index is 0.0533. The van der Waals surface area contributed by atoms with Crippen LogP contribution in [0.15, 0.2) is 46.9 Å². The SMILES string of the molecule is COCCOc1ccc(NC(=S)NC(=O)c2cc(Br)ccc2OC(C)C)cc1. The van der Waals surface area contributed by atoms with Crippen molar-refractivity contribution in [3.63, 3.8) is 0 Å². The second-order valence-electron chi connectivity index (χ2n) is 6.08. The molecule has 0 aliphatic carbocycles. The van der Waals surface area contributed by atoms with E-state index in [1.54, 1.807) is 19.2 Å². The minimum Gasteiger partial charge on any atom is -0.491 e. The fraction of sp³-hybridized carbons (Fsp3) is 0.300. The van der Waals surface area contributed by atoms with Crippen LogP contribution in [0.25, 0.3) is 0 Å². The number of methoxy groups -OCH3 is 1. The summed E-state index contributed by atoms with van der Waals surface area (Å²) in [7, 11) is 1.62. The molecule has 28 heavy (non-hydrogen) atoms. The lowest BCUT2D eigenvalue weighted by atomic mass is 10.2. The first-order valence-electron chi connectivity index (χ1n) is 8.69. The molecule has 0 heterocycles. The summed E-state index contributed by atoms with van der Waals surface area (Å²) in [5, 5.41) is 5.84. The lowest BCUT2D eigenvalue weighted by Gasteiger charge is -2.15. The number of carbonyl (C=O) groups is 1. The van der Waals surface area contributed by atoms with Gasteiger partial charge < -0.3 is 19.5 Å². The van der Waals surface area contributed by atoms with Crippen LogP contribution in [0.3, 0.4) is 0 Å². The number of rotatable bonds is 8. The van der Waals surface area contributed by atoms with Crippen LogP contribution in [0.4, 0.5) is 5.69 Å². The maximum Gasteiger partial charge on any atom is 0.261 e. The van der Waals surface area contributed by atoms with Crippen LogP contribution in [0.5, 0.6) is 11.5 Å². The number of halogens is 1. The van der Waals surface area contributed by atoms with E-state index in [4.69, 9.17) is 26.4 Å². The fourth-order valence-electron chi connectivity index (χ4n) is 2.25. The monoisotopic (exact) mass is 466 g/mol. The highest BCUT2D eigenvalue weighted by Crippen LogP contribution is 2.24. The van der Waals surface area contributed by atoms with Gasteiger partial charge in [0.2, 0.25) is 0 Å². The number of anilines is 1. The summed E-state index contributed by atoms with van der Waals surface area (Å²) in [6.45, 7) is 4.80. The van der Waals surface area contributed by atoms with Gasteiger partial charge in [-0.2, -0.15) is 0 Å². The molecule has 2 aromatic rings. The maximum absolute atomic E-state index is 12.6. The fourth-order valence-corrected chi connectivity index (χ4v) is 2.82. The van der Waals surface area contributed by atoms with E-state index in [9.17, 15) is 4.79 Å². The number of nitrogens with one attached hydrogen (secondary N) is 2. The van der Waals surface area contributed by atoms with Crippen molar-refractivity contribution < 1.29 is 19.0 Å². The average molecular weight is 467 g/mol. The average Bonchev–Trinajstić information content (AvgIpc) is 2.64. The van der Waals surface area contributed by atoms with Gasteiger partial charge in [-0.25, -0.2) is 0 Å². The lowest BCUT2D eigenvalue weighted by Crippen LogP contribution is -2.34. The van der Waals surface area contributed by atoms with Gasteiger partial charge in [0.1, 0.15) is 18.1 Å². The molecule has 0 aromatic heterocycles. The molecule has 6 nitrogen and oxygen atoms in total. The largest absolute Gasteiger partial charge is 0.491 e. The molecule has 0 unspecified atom stereocenters. The second kappa shape index (κ2) is 11.0. The van der Waals surface area contributed by atoms with Crippen LogP contribution < -0.4 is 20.1 Å². The van der Waals surface area contributed by atoms with Crippen LogP contribution in [0.2, 0.25) is 0 Å². The van der Waals surface area contributed by atoms with E-state index in [-0.39, 0.29) is 17.1 Å². The summed E-state index contributed by atoms with van der Waals surface area (Å²) < 4.78 is 16.9. The molecule has 0 radical (unpaired) electrons. The van der Waals surface area contributed by atoms with Crippen molar-refractivity contribution in [2.24, 2.45) is 0 Å². The zero-order valence-corrected chi connectivity index (χ0v) is 18.4. The third kappa shape index (κ3) is 7.10. The molecule has 0 spiro atoms. The minimum atomic E-state index is -0.353. The Labute approximate surface area is 178 Å². The Morgan fingerprint density at radius 2 is 1.86 bits per heavy atom. The molecule has 0 aliphatic rings. The van der Waals surface area contributed by atoms with Crippen molar-refractivity contribution in [3.8, 4) is 11.5 Å². The Morgan fingerprint density at radius 1 is 1.14 bits per heavy atom. The summed E-state index contributed by atoms with van der Waals surface area (Å²) in [6.07, 6.45) is -0.0533. The highest BCUT2D eigenvalue weighted by atomic mass is 79.9. The van der Waals surface area contributed by atoms with Gasteiger partial charge in [0.15, 0.2) is 5.11 Å². The number of amides is 1. The maximum atomic E-state index is 12.6. The van der Waals surface area contributed by atoms with Gasteiger partial charge >= 0.3 is 0 Å². The molecule has 2 aromatic carbocycles. The molecule has 0 fully saturated rings. The Bertz CT molecular complexity index is 812. The Morgan fingerprint density at radius 3 is 2.50 bits per heavy atom. The molecule has 1 amide bonds. The van der Waals surface area contributed by atoms with Gasteiger partial charge in [-0.05, 0) is 68.5 Å². The van der Waals surface area contributed by atoms with E-state index in [1.807, 2.05) is 44.2 Å². The van der Waals surface area contributed by atoms with Crippen molar-refractivity contribution in [3.05, 3.63) is 52.5 Å². The van der Waals surface area contributed by atoms with Crippen molar-refractivity contribution in [2.45, 2.75) is 20.0 Å². The van der Waals surface area contributed by atoms with Gasteiger partial charge in [-0.1, -0.05) is 15.9 Å². The van der Waals surface area contributed by atoms with E-state index in [1.165, 1.54) is 0 Å². The second-order valence-corrected chi connectivity index (χ2v) is 7.40. The van der Waals surface area contributed by atoms with E-state index < -0.39 is 0 Å². The number of ether oxygens (including phenoxy) is 3. The summed E-state index contributed by atoms with van der Waals surface area (Å²) >= 11 is 8.63. The van der Waals surface area contributed by atoms with Crippen molar-refractivity contribution >= 4 is 44.9 Å². The highest BCUT2D eigenvalue weighted by Gasteiger charge is 2.15. The van der Waals surface area contributed by atoms with Crippen molar-refractivity contribution in [1.82, 2.24) is 5.32 Å². The molecule has 0 saturated heterocycles. The third-order valence-corrected chi connectivity index (χ3v) is 4.14. The van der Waals surface area contributed by atoms with Crippen LogP contribution in [0, 0.1) is 0 Å². The number of carbonyl (C=O) groups excluding carboxylic acids is 1. The number of hydrogen-bond acceptors (Lipinski definition) is 5. The summed E-state index contributed by atoms with van der Waals surface area (Å²) in [5.41, 5.74) is 1.13. The summed E-state index contributed by atoms with van der Waals surface area (Å²) in [4.78, 5) is 12.6. The first kappa shape index (κ1) is 22.1.